The fraction of sp³-hybridized carbons (Fsp3) is 0.545. The van der Waals surface area contributed by atoms with E-state index < -0.39 is 0 Å². The molecular formula is C11H16N6O. The van der Waals surface area contributed by atoms with E-state index >= 15 is 0 Å². The lowest BCUT2D eigenvalue weighted by Crippen LogP contribution is -2.48. The van der Waals surface area contributed by atoms with Crippen molar-refractivity contribution < 1.29 is 4.79 Å². The lowest BCUT2D eigenvalue weighted by Gasteiger charge is -2.28. The highest BCUT2D eigenvalue weighted by atomic mass is 16.2. The molecule has 1 aromatic rings. The predicted octanol–water partition coefficient (Wildman–Crippen LogP) is -0.424. The van der Waals surface area contributed by atoms with Gasteiger partial charge < -0.3 is 15.6 Å². The quantitative estimate of drug-likeness (QED) is 0.496. The van der Waals surface area contributed by atoms with E-state index in [0.29, 0.717) is 24.8 Å². The largest absolute Gasteiger partial charge is 0.353 e. The number of rotatable bonds is 3. The Morgan fingerprint density at radius 1 is 1.44 bits per heavy atom. The van der Waals surface area contributed by atoms with Crippen molar-refractivity contribution in [2.24, 2.45) is 5.84 Å². The molecule has 3 rings (SSSR count). The fourth-order valence-corrected chi connectivity index (χ4v) is 2.05. The summed E-state index contributed by atoms with van der Waals surface area (Å²) in [7, 11) is 0. The van der Waals surface area contributed by atoms with Crippen LogP contribution in [0.1, 0.15) is 24.6 Å². The Hall–Kier alpha value is -1.89. The predicted molar refractivity (Wildman–Crippen MR) is 67.0 cm³/mol. The molecule has 0 aromatic carbocycles. The summed E-state index contributed by atoms with van der Waals surface area (Å²) in [5.41, 5.74) is 2.56. The molecule has 1 saturated carbocycles. The van der Waals surface area contributed by atoms with Gasteiger partial charge in [0.15, 0.2) is 0 Å². The molecule has 0 atom stereocenters. The monoisotopic (exact) mass is 248 g/mol. The van der Waals surface area contributed by atoms with Gasteiger partial charge in [-0.3, -0.25) is 4.79 Å². The first kappa shape index (κ1) is 11.2. The molecular weight excluding hydrogens is 232 g/mol. The van der Waals surface area contributed by atoms with Gasteiger partial charge in [0, 0.05) is 25.1 Å². The van der Waals surface area contributed by atoms with Crippen molar-refractivity contribution in [1.29, 1.82) is 0 Å². The van der Waals surface area contributed by atoms with E-state index in [4.69, 9.17) is 5.84 Å². The molecule has 0 radical (unpaired) electrons. The highest BCUT2D eigenvalue weighted by Gasteiger charge is 2.28. The zero-order chi connectivity index (χ0) is 12.5. The van der Waals surface area contributed by atoms with E-state index in [2.05, 4.69) is 20.7 Å². The van der Waals surface area contributed by atoms with Crippen LogP contribution in [0.5, 0.6) is 0 Å². The molecule has 2 heterocycles. The third-order valence-electron chi connectivity index (χ3n) is 3.18. The summed E-state index contributed by atoms with van der Waals surface area (Å²) in [4.78, 5) is 22.2. The average molecular weight is 248 g/mol. The zero-order valence-electron chi connectivity index (χ0n) is 10.0. The van der Waals surface area contributed by atoms with E-state index in [-0.39, 0.29) is 5.91 Å². The molecule has 18 heavy (non-hydrogen) atoms. The number of hydrogen-bond acceptors (Lipinski definition) is 6. The summed E-state index contributed by atoms with van der Waals surface area (Å²) in [6, 6.07) is 1.78. The molecule has 0 spiro atoms. The van der Waals surface area contributed by atoms with Crippen LogP contribution in [0, 0.1) is 0 Å². The van der Waals surface area contributed by atoms with Gasteiger partial charge in [0.1, 0.15) is 17.5 Å². The van der Waals surface area contributed by atoms with Gasteiger partial charge in [0.2, 0.25) is 5.91 Å². The highest BCUT2D eigenvalue weighted by molar-refractivity contribution is 5.82. The number of aromatic nitrogens is 2. The summed E-state index contributed by atoms with van der Waals surface area (Å²) in [6.07, 6.45) is 2.27. The number of nitrogens with one attached hydrogen (secondary N) is 2. The summed E-state index contributed by atoms with van der Waals surface area (Å²) in [6.45, 7) is 1.75. The minimum Gasteiger partial charge on any atom is -0.353 e. The van der Waals surface area contributed by atoms with Crippen LogP contribution in [0.2, 0.25) is 0 Å². The normalized spacial score (nSPS) is 19.6. The summed E-state index contributed by atoms with van der Waals surface area (Å²) < 4.78 is 0. The summed E-state index contributed by atoms with van der Waals surface area (Å²) in [5.74, 6) is 8.11. The van der Waals surface area contributed by atoms with E-state index in [1.165, 1.54) is 0 Å². The van der Waals surface area contributed by atoms with Crippen molar-refractivity contribution in [1.82, 2.24) is 15.3 Å². The number of hydrogen-bond donors (Lipinski definition) is 3. The molecule has 7 heteroatoms. The molecule has 1 amide bonds. The molecule has 0 unspecified atom stereocenters. The minimum absolute atomic E-state index is 0.0232. The maximum absolute atomic E-state index is 11.4. The number of nitrogens with zero attached hydrogens (tertiary/aromatic N) is 3. The van der Waals surface area contributed by atoms with Crippen LogP contribution < -0.4 is 21.5 Å². The Morgan fingerprint density at radius 3 is 2.94 bits per heavy atom. The van der Waals surface area contributed by atoms with Crippen molar-refractivity contribution >= 4 is 17.5 Å². The summed E-state index contributed by atoms with van der Waals surface area (Å²) >= 11 is 0. The fourth-order valence-electron chi connectivity index (χ4n) is 2.05. The van der Waals surface area contributed by atoms with Gasteiger partial charge in [-0.2, -0.15) is 0 Å². The Bertz CT molecular complexity index is 473. The number of hydrazine groups is 1. The number of carbonyl (C=O) groups excluding carboxylic acids is 1. The van der Waals surface area contributed by atoms with Crippen LogP contribution in [0.3, 0.4) is 0 Å². The standard InChI is InChI=1S/C11H16N6O/c12-16-8-5-9(15-11(14-8)7-1-2-7)17-4-3-13-10(18)6-17/h5,7H,1-4,6,12H2,(H,13,18)(H,14,15,16). The van der Waals surface area contributed by atoms with Crippen LogP contribution in [0.15, 0.2) is 6.07 Å². The lowest BCUT2D eigenvalue weighted by atomic mass is 10.3. The lowest BCUT2D eigenvalue weighted by molar-refractivity contribution is -0.120. The van der Waals surface area contributed by atoms with E-state index in [0.717, 1.165) is 31.0 Å². The Labute approximate surface area is 105 Å². The van der Waals surface area contributed by atoms with Crippen LogP contribution in [-0.4, -0.2) is 35.5 Å². The molecule has 1 saturated heterocycles. The average Bonchev–Trinajstić information content (AvgIpc) is 3.22. The van der Waals surface area contributed by atoms with Crippen LogP contribution in [0.25, 0.3) is 0 Å². The number of anilines is 2. The first-order valence-electron chi connectivity index (χ1n) is 6.13. The van der Waals surface area contributed by atoms with Gasteiger partial charge in [-0.15, -0.1) is 0 Å². The van der Waals surface area contributed by atoms with E-state index in [1.54, 1.807) is 6.07 Å². The maximum atomic E-state index is 11.4. The van der Waals surface area contributed by atoms with Crippen molar-refractivity contribution in [2.45, 2.75) is 18.8 Å². The number of nitrogen functional groups attached to an aromatic ring is 1. The number of piperazine rings is 1. The molecule has 2 fully saturated rings. The zero-order valence-corrected chi connectivity index (χ0v) is 10.0. The van der Waals surface area contributed by atoms with Crippen molar-refractivity contribution in [2.75, 3.05) is 30.0 Å². The van der Waals surface area contributed by atoms with Gasteiger partial charge in [0.05, 0.1) is 6.54 Å². The Kier molecular flexibility index (Phi) is 2.75. The molecule has 7 nitrogen and oxygen atoms in total. The smallest absolute Gasteiger partial charge is 0.239 e. The van der Waals surface area contributed by atoms with Crippen LogP contribution in [0.4, 0.5) is 11.6 Å². The molecule has 4 N–H and O–H groups in total. The van der Waals surface area contributed by atoms with Gasteiger partial charge >= 0.3 is 0 Å². The van der Waals surface area contributed by atoms with Crippen molar-refractivity contribution in [3.8, 4) is 0 Å². The van der Waals surface area contributed by atoms with E-state index in [9.17, 15) is 4.79 Å². The van der Waals surface area contributed by atoms with E-state index in [1.807, 2.05) is 4.90 Å². The van der Waals surface area contributed by atoms with Gasteiger partial charge in [0.25, 0.3) is 0 Å². The third kappa shape index (κ3) is 2.21. The molecule has 1 aromatic heterocycles. The highest BCUT2D eigenvalue weighted by Crippen LogP contribution is 2.39. The van der Waals surface area contributed by atoms with Crippen LogP contribution >= 0.6 is 0 Å². The first-order valence-corrected chi connectivity index (χ1v) is 6.13. The second-order valence-electron chi connectivity index (χ2n) is 4.66. The van der Waals surface area contributed by atoms with Gasteiger partial charge in [-0.05, 0) is 12.8 Å². The Morgan fingerprint density at radius 2 is 2.28 bits per heavy atom. The number of carbonyl (C=O) groups is 1. The number of amides is 1. The molecule has 0 bridgehead atoms. The maximum Gasteiger partial charge on any atom is 0.239 e. The topological polar surface area (TPSA) is 96.2 Å². The van der Waals surface area contributed by atoms with Gasteiger partial charge in [-0.25, -0.2) is 15.8 Å². The SMILES string of the molecule is NNc1cc(N2CCNC(=O)C2)nc(C2CC2)n1. The van der Waals surface area contributed by atoms with Crippen molar-refractivity contribution in [3.05, 3.63) is 11.9 Å². The van der Waals surface area contributed by atoms with Crippen molar-refractivity contribution in [3.63, 3.8) is 0 Å². The summed E-state index contributed by atoms with van der Waals surface area (Å²) in [5, 5.41) is 2.80. The second-order valence-corrected chi connectivity index (χ2v) is 4.66. The second kappa shape index (κ2) is 4.41. The molecule has 96 valence electrons. The molecule has 2 aliphatic rings. The number of nitrogens with two attached hydrogens (primary N) is 1. The van der Waals surface area contributed by atoms with Crippen LogP contribution in [-0.2, 0) is 4.79 Å². The third-order valence-corrected chi connectivity index (χ3v) is 3.18. The molecule has 1 aliphatic carbocycles. The first-order chi connectivity index (χ1) is 8.76. The molecule has 1 aliphatic heterocycles. The van der Waals surface area contributed by atoms with Gasteiger partial charge in [-0.1, -0.05) is 0 Å². The Balaban J connectivity index is 1.89. The minimum atomic E-state index is 0.0232.